The van der Waals surface area contributed by atoms with Crippen LogP contribution in [0.5, 0.6) is 0 Å². The second-order valence-corrected chi connectivity index (χ2v) is 7.61. The zero-order valence-corrected chi connectivity index (χ0v) is 12.4. The summed E-state index contributed by atoms with van der Waals surface area (Å²) in [6.07, 6.45) is 13.5. The third-order valence-corrected chi connectivity index (χ3v) is 6.58. The van der Waals surface area contributed by atoms with Crippen molar-refractivity contribution in [2.45, 2.75) is 69.9 Å². The molecule has 0 aromatic carbocycles. The molecule has 4 rings (SSSR count). The smallest absolute Gasteiger partial charge is 0.0126 e. The van der Waals surface area contributed by atoms with Crippen molar-refractivity contribution in [2.75, 3.05) is 26.2 Å². The molecule has 0 spiro atoms. The molecule has 2 bridgehead atoms. The Morgan fingerprint density at radius 2 is 1.42 bits per heavy atom. The summed E-state index contributed by atoms with van der Waals surface area (Å²) in [5.74, 6) is 2.19. The van der Waals surface area contributed by atoms with E-state index >= 15 is 0 Å². The summed E-state index contributed by atoms with van der Waals surface area (Å²) >= 11 is 0. The third kappa shape index (κ3) is 2.47. The molecule has 19 heavy (non-hydrogen) atoms. The van der Waals surface area contributed by atoms with E-state index in [1.807, 2.05) is 0 Å². The normalized spacial score (nSPS) is 42.0. The summed E-state index contributed by atoms with van der Waals surface area (Å²) in [4.78, 5) is 5.69. The average molecular weight is 262 g/mol. The van der Waals surface area contributed by atoms with Gasteiger partial charge in [0.25, 0.3) is 0 Å². The van der Waals surface area contributed by atoms with Gasteiger partial charge in [-0.25, -0.2) is 0 Å². The molecule has 4 aliphatic rings. The van der Waals surface area contributed by atoms with Crippen molar-refractivity contribution in [3.8, 4) is 0 Å². The number of hydrogen-bond donors (Lipinski definition) is 0. The highest BCUT2D eigenvalue weighted by Crippen LogP contribution is 2.47. The van der Waals surface area contributed by atoms with Crippen LogP contribution >= 0.6 is 0 Å². The van der Waals surface area contributed by atoms with Crippen LogP contribution in [0, 0.1) is 11.8 Å². The Morgan fingerprint density at radius 3 is 2.05 bits per heavy atom. The fraction of sp³-hybridized carbons (Fsp3) is 1.00. The van der Waals surface area contributed by atoms with Gasteiger partial charge in [-0.15, -0.1) is 0 Å². The zero-order valence-electron chi connectivity index (χ0n) is 12.4. The van der Waals surface area contributed by atoms with Gasteiger partial charge < -0.3 is 4.90 Å². The van der Waals surface area contributed by atoms with Gasteiger partial charge in [-0.1, -0.05) is 12.8 Å². The van der Waals surface area contributed by atoms with Crippen molar-refractivity contribution in [3.05, 3.63) is 0 Å². The van der Waals surface area contributed by atoms with Crippen LogP contribution in [0.2, 0.25) is 0 Å². The summed E-state index contributed by atoms with van der Waals surface area (Å²) in [5.41, 5.74) is 0. The second-order valence-electron chi connectivity index (χ2n) is 7.61. The largest absolute Gasteiger partial charge is 0.300 e. The predicted octanol–water partition coefficient (Wildman–Crippen LogP) is 3.13. The van der Waals surface area contributed by atoms with Crippen LogP contribution in [-0.4, -0.2) is 48.1 Å². The number of likely N-dealkylation sites (tertiary alicyclic amines) is 2. The minimum atomic E-state index is 0.926. The molecular formula is C17H30N2. The van der Waals surface area contributed by atoms with E-state index in [9.17, 15) is 0 Å². The van der Waals surface area contributed by atoms with Gasteiger partial charge in [-0.05, 0) is 83.0 Å². The van der Waals surface area contributed by atoms with Gasteiger partial charge in [0, 0.05) is 12.1 Å². The summed E-state index contributed by atoms with van der Waals surface area (Å²) in [6, 6.07) is 1.91. The highest BCUT2D eigenvalue weighted by molar-refractivity contribution is 4.97. The van der Waals surface area contributed by atoms with E-state index in [4.69, 9.17) is 0 Å². The molecule has 0 unspecified atom stereocenters. The molecule has 2 heterocycles. The average Bonchev–Trinajstić information content (AvgIpc) is 3.11. The highest BCUT2D eigenvalue weighted by atomic mass is 15.2. The maximum Gasteiger partial charge on any atom is 0.0126 e. The Bertz CT molecular complexity index is 302. The Morgan fingerprint density at radius 1 is 0.632 bits per heavy atom. The van der Waals surface area contributed by atoms with Crippen LogP contribution in [0.4, 0.5) is 0 Å². The first kappa shape index (κ1) is 12.6. The van der Waals surface area contributed by atoms with Gasteiger partial charge in [-0.3, -0.25) is 4.90 Å². The van der Waals surface area contributed by atoms with Gasteiger partial charge in [0.05, 0.1) is 0 Å². The van der Waals surface area contributed by atoms with E-state index < -0.39 is 0 Å². The van der Waals surface area contributed by atoms with E-state index in [1.54, 1.807) is 25.7 Å². The van der Waals surface area contributed by atoms with Crippen molar-refractivity contribution >= 4 is 0 Å². The zero-order chi connectivity index (χ0) is 12.7. The summed E-state index contributed by atoms with van der Waals surface area (Å²) < 4.78 is 0. The van der Waals surface area contributed by atoms with Gasteiger partial charge in [-0.2, -0.15) is 0 Å². The van der Waals surface area contributed by atoms with Gasteiger partial charge >= 0.3 is 0 Å². The molecule has 0 aromatic rings. The van der Waals surface area contributed by atoms with E-state index in [0.717, 1.165) is 23.9 Å². The fourth-order valence-corrected chi connectivity index (χ4v) is 5.52. The molecule has 0 amide bonds. The molecule has 2 aliphatic heterocycles. The van der Waals surface area contributed by atoms with Gasteiger partial charge in [0.1, 0.15) is 0 Å². The maximum atomic E-state index is 2.88. The molecule has 0 aromatic heterocycles. The Balaban J connectivity index is 1.30. The van der Waals surface area contributed by atoms with E-state index in [1.165, 1.54) is 58.3 Å². The molecule has 2 nitrogen and oxygen atoms in total. The first-order valence-electron chi connectivity index (χ1n) is 8.88. The summed E-state index contributed by atoms with van der Waals surface area (Å²) in [6.45, 7) is 5.57. The van der Waals surface area contributed by atoms with Crippen molar-refractivity contribution < 1.29 is 0 Å². The highest BCUT2D eigenvalue weighted by Gasteiger charge is 2.43. The van der Waals surface area contributed by atoms with Gasteiger partial charge in [0.2, 0.25) is 0 Å². The Kier molecular flexibility index (Phi) is 3.57. The predicted molar refractivity (Wildman–Crippen MR) is 79.3 cm³/mol. The van der Waals surface area contributed by atoms with E-state index in [0.29, 0.717) is 0 Å². The molecule has 108 valence electrons. The van der Waals surface area contributed by atoms with Crippen molar-refractivity contribution in [1.29, 1.82) is 0 Å². The molecule has 2 heteroatoms. The molecule has 0 N–H and O–H groups in total. The molecule has 2 aliphatic carbocycles. The van der Waals surface area contributed by atoms with Crippen LogP contribution in [0.3, 0.4) is 0 Å². The minimum absolute atomic E-state index is 0.926. The third-order valence-electron chi connectivity index (χ3n) is 6.58. The van der Waals surface area contributed by atoms with Crippen LogP contribution in [0.25, 0.3) is 0 Å². The van der Waals surface area contributed by atoms with Crippen LogP contribution in [0.1, 0.15) is 57.8 Å². The standard InChI is InChI=1S/C17H30N2/c1-2-8-18(9-3-1)16-6-10-19(11-7-16)17-13-14-4-5-15(17)12-14/h14-17H,1-13H2/t14-,15-,17-/m0/s1. The Hall–Kier alpha value is -0.0800. The first-order chi connectivity index (χ1) is 9.40. The molecule has 2 saturated heterocycles. The number of piperidine rings is 2. The fourth-order valence-electron chi connectivity index (χ4n) is 5.52. The topological polar surface area (TPSA) is 6.48 Å². The molecular weight excluding hydrogens is 232 g/mol. The van der Waals surface area contributed by atoms with E-state index in [-0.39, 0.29) is 0 Å². The summed E-state index contributed by atoms with van der Waals surface area (Å²) in [5, 5.41) is 0. The van der Waals surface area contributed by atoms with E-state index in [2.05, 4.69) is 9.80 Å². The minimum Gasteiger partial charge on any atom is -0.300 e. The second kappa shape index (κ2) is 5.37. The maximum absolute atomic E-state index is 2.88. The lowest BCUT2D eigenvalue weighted by atomic mass is 9.91. The number of hydrogen-bond acceptors (Lipinski definition) is 2. The number of rotatable bonds is 2. The lowest BCUT2D eigenvalue weighted by Crippen LogP contribution is -2.50. The lowest BCUT2D eigenvalue weighted by molar-refractivity contribution is 0.0562. The van der Waals surface area contributed by atoms with Crippen molar-refractivity contribution in [3.63, 3.8) is 0 Å². The number of fused-ring (bicyclic) bond motifs is 2. The molecule has 3 atom stereocenters. The van der Waals surface area contributed by atoms with Crippen LogP contribution in [0.15, 0.2) is 0 Å². The first-order valence-corrected chi connectivity index (χ1v) is 8.88. The molecule has 0 radical (unpaired) electrons. The quantitative estimate of drug-likeness (QED) is 0.754. The lowest BCUT2D eigenvalue weighted by Gasteiger charge is -2.43. The number of nitrogens with zero attached hydrogens (tertiary/aromatic N) is 2. The van der Waals surface area contributed by atoms with Gasteiger partial charge in [0.15, 0.2) is 0 Å². The van der Waals surface area contributed by atoms with Crippen molar-refractivity contribution in [2.24, 2.45) is 11.8 Å². The van der Waals surface area contributed by atoms with Crippen LogP contribution < -0.4 is 0 Å². The molecule has 4 fully saturated rings. The Labute approximate surface area is 118 Å². The monoisotopic (exact) mass is 262 g/mol. The summed E-state index contributed by atoms with van der Waals surface area (Å²) in [7, 11) is 0. The molecule has 2 saturated carbocycles. The SMILES string of the molecule is C1CCN(C2CCN([C@H]3C[C@H]4CC[C@H]3C4)CC2)CC1. The van der Waals surface area contributed by atoms with Crippen LogP contribution in [-0.2, 0) is 0 Å². The van der Waals surface area contributed by atoms with Crippen molar-refractivity contribution in [1.82, 2.24) is 9.80 Å².